The van der Waals surface area contributed by atoms with Gasteiger partial charge in [0.05, 0.1) is 22.0 Å². The maximum atomic E-state index is 12.6. The monoisotopic (exact) mass is 335 g/mol. The number of hydrogen-bond acceptors (Lipinski definition) is 4. The lowest BCUT2D eigenvalue weighted by molar-refractivity contribution is -0.126. The number of amides is 1. The van der Waals surface area contributed by atoms with E-state index in [1.807, 2.05) is 41.3 Å². The smallest absolute Gasteiger partial charge is 0.247 e. The molecule has 1 saturated heterocycles. The lowest BCUT2D eigenvalue weighted by Crippen LogP contribution is -2.28. The molecule has 0 aliphatic carbocycles. The van der Waals surface area contributed by atoms with Crippen LogP contribution in [-0.4, -0.2) is 27.3 Å². The maximum absolute atomic E-state index is 12.6. The minimum Gasteiger partial charge on any atom is -0.330 e. The Labute approximate surface area is 144 Å². The molecule has 0 saturated carbocycles. The summed E-state index contributed by atoms with van der Waals surface area (Å²) in [4.78, 5) is 23.5. The second-order valence-electron chi connectivity index (χ2n) is 5.80. The van der Waals surface area contributed by atoms with Gasteiger partial charge in [-0.2, -0.15) is 0 Å². The second kappa shape index (κ2) is 6.53. The number of pyridine rings is 1. The van der Waals surface area contributed by atoms with Gasteiger partial charge >= 0.3 is 0 Å². The van der Waals surface area contributed by atoms with Crippen molar-refractivity contribution in [1.29, 1.82) is 0 Å². The van der Waals surface area contributed by atoms with Crippen molar-refractivity contribution < 1.29 is 4.79 Å². The Morgan fingerprint density at radius 1 is 1.21 bits per heavy atom. The van der Waals surface area contributed by atoms with E-state index in [4.69, 9.17) is 4.98 Å². The van der Waals surface area contributed by atoms with Crippen molar-refractivity contribution in [3.8, 4) is 0 Å². The van der Waals surface area contributed by atoms with Gasteiger partial charge in [-0.15, -0.1) is 11.3 Å². The van der Waals surface area contributed by atoms with Gasteiger partial charge in [0.15, 0.2) is 0 Å². The van der Waals surface area contributed by atoms with Crippen LogP contribution in [-0.2, 0) is 4.79 Å². The van der Waals surface area contributed by atoms with Crippen LogP contribution in [0.5, 0.6) is 0 Å². The number of thiazole rings is 1. The number of fused-ring (bicyclic) bond motifs is 1. The van der Waals surface area contributed by atoms with Gasteiger partial charge in [-0.1, -0.05) is 18.2 Å². The van der Waals surface area contributed by atoms with E-state index in [-0.39, 0.29) is 11.9 Å². The Morgan fingerprint density at radius 2 is 2.08 bits per heavy atom. The van der Waals surface area contributed by atoms with E-state index in [1.54, 1.807) is 29.7 Å². The Balaban J connectivity index is 1.56. The van der Waals surface area contributed by atoms with Crippen molar-refractivity contribution in [2.75, 3.05) is 6.54 Å². The van der Waals surface area contributed by atoms with Gasteiger partial charge < -0.3 is 4.90 Å². The standard InChI is InChI=1S/C19H17N3OS/c23-18(11-10-14-6-3-4-12-20-14)22-13-5-8-16(22)19-21-15-7-1-2-9-17(15)24-19/h1-4,6-7,9-12,16H,5,8,13H2. The fraction of sp³-hybridized carbons (Fsp3) is 0.211. The molecule has 24 heavy (non-hydrogen) atoms. The topological polar surface area (TPSA) is 46.1 Å². The zero-order chi connectivity index (χ0) is 16.4. The number of carbonyl (C=O) groups is 1. The van der Waals surface area contributed by atoms with Crippen LogP contribution in [0.1, 0.15) is 29.6 Å². The van der Waals surface area contributed by atoms with Gasteiger partial charge in [0, 0.05) is 18.8 Å². The van der Waals surface area contributed by atoms with Gasteiger partial charge in [-0.3, -0.25) is 9.78 Å². The molecule has 5 heteroatoms. The van der Waals surface area contributed by atoms with Crippen LogP contribution in [0.4, 0.5) is 0 Å². The second-order valence-corrected chi connectivity index (χ2v) is 6.86. The third-order valence-electron chi connectivity index (χ3n) is 4.22. The van der Waals surface area contributed by atoms with Crippen molar-refractivity contribution >= 4 is 33.5 Å². The quantitative estimate of drug-likeness (QED) is 0.678. The van der Waals surface area contributed by atoms with Crippen LogP contribution in [0.25, 0.3) is 16.3 Å². The third-order valence-corrected chi connectivity index (χ3v) is 5.35. The van der Waals surface area contributed by atoms with E-state index >= 15 is 0 Å². The third kappa shape index (κ3) is 2.95. The lowest BCUT2D eigenvalue weighted by atomic mass is 10.2. The minimum absolute atomic E-state index is 0.0300. The van der Waals surface area contributed by atoms with Gasteiger partial charge in [-0.05, 0) is 43.2 Å². The molecule has 4 rings (SSSR count). The van der Waals surface area contributed by atoms with Crippen molar-refractivity contribution in [3.63, 3.8) is 0 Å². The predicted molar refractivity (Wildman–Crippen MR) is 96.6 cm³/mol. The molecule has 1 aliphatic rings. The van der Waals surface area contributed by atoms with Crippen molar-refractivity contribution in [3.05, 3.63) is 65.4 Å². The summed E-state index contributed by atoms with van der Waals surface area (Å²) in [7, 11) is 0. The lowest BCUT2D eigenvalue weighted by Gasteiger charge is -2.21. The van der Waals surface area contributed by atoms with E-state index in [2.05, 4.69) is 11.1 Å². The molecule has 2 aromatic heterocycles. The Hall–Kier alpha value is -2.53. The normalized spacial score (nSPS) is 17.8. The summed E-state index contributed by atoms with van der Waals surface area (Å²) in [5, 5.41) is 1.04. The summed E-state index contributed by atoms with van der Waals surface area (Å²) < 4.78 is 1.18. The zero-order valence-corrected chi connectivity index (χ0v) is 13.9. The molecular formula is C19H17N3OS. The maximum Gasteiger partial charge on any atom is 0.247 e. The Morgan fingerprint density at radius 3 is 2.92 bits per heavy atom. The number of benzene rings is 1. The molecule has 3 aromatic rings. The zero-order valence-electron chi connectivity index (χ0n) is 13.1. The highest BCUT2D eigenvalue weighted by Crippen LogP contribution is 2.36. The number of para-hydroxylation sites is 1. The fourth-order valence-electron chi connectivity index (χ4n) is 3.05. The molecule has 0 radical (unpaired) electrons. The van der Waals surface area contributed by atoms with Crippen LogP contribution in [0, 0.1) is 0 Å². The summed E-state index contributed by atoms with van der Waals surface area (Å²) in [5.74, 6) is 0.0300. The largest absolute Gasteiger partial charge is 0.330 e. The first-order valence-electron chi connectivity index (χ1n) is 8.06. The van der Waals surface area contributed by atoms with Crippen molar-refractivity contribution in [2.45, 2.75) is 18.9 Å². The molecule has 1 unspecified atom stereocenters. The molecule has 3 heterocycles. The predicted octanol–water partition coefficient (Wildman–Crippen LogP) is 4.07. The number of carbonyl (C=O) groups excluding carboxylic acids is 1. The average Bonchev–Trinajstić information content (AvgIpc) is 3.26. The van der Waals surface area contributed by atoms with Crippen molar-refractivity contribution in [2.24, 2.45) is 0 Å². The fourth-order valence-corrected chi connectivity index (χ4v) is 4.16. The van der Waals surface area contributed by atoms with E-state index in [0.717, 1.165) is 35.6 Å². The first-order chi connectivity index (χ1) is 11.8. The van der Waals surface area contributed by atoms with E-state index in [0.29, 0.717) is 0 Å². The van der Waals surface area contributed by atoms with Gasteiger partial charge in [0.2, 0.25) is 5.91 Å². The van der Waals surface area contributed by atoms with Crippen LogP contribution in [0.15, 0.2) is 54.7 Å². The summed E-state index contributed by atoms with van der Waals surface area (Å²) in [5.41, 5.74) is 1.81. The van der Waals surface area contributed by atoms with E-state index in [1.165, 1.54) is 4.70 Å². The van der Waals surface area contributed by atoms with Crippen LogP contribution in [0.3, 0.4) is 0 Å². The van der Waals surface area contributed by atoms with Crippen LogP contribution in [0.2, 0.25) is 0 Å². The number of likely N-dealkylation sites (tertiary alicyclic amines) is 1. The molecule has 1 fully saturated rings. The molecule has 0 N–H and O–H groups in total. The summed E-state index contributed by atoms with van der Waals surface area (Å²) in [6.45, 7) is 0.784. The molecule has 1 aliphatic heterocycles. The van der Waals surface area contributed by atoms with Gasteiger partial charge in [0.1, 0.15) is 5.01 Å². The Bertz CT molecular complexity index is 855. The summed E-state index contributed by atoms with van der Waals surface area (Å²) in [6, 6.07) is 13.9. The van der Waals surface area contributed by atoms with E-state index < -0.39 is 0 Å². The first-order valence-corrected chi connectivity index (χ1v) is 8.88. The molecule has 0 spiro atoms. The van der Waals surface area contributed by atoms with Crippen molar-refractivity contribution in [1.82, 2.24) is 14.9 Å². The van der Waals surface area contributed by atoms with Gasteiger partial charge in [0.25, 0.3) is 0 Å². The van der Waals surface area contributed by atoms with Gasteiger partial charge in [-0.25, -0.2) is 4.98 Å². The van der Waals surface area contributed by atoms with E-state index in [9.17, 15) is 4.79 Å². The Kier molecular flexibility index (Phi) is 4.09. The van der Waals surface area contributed by atoms with Crippen LogP contribution < -0.4 is 0 Å². The summed E-state index contributed by atoms with van der Waals surface area (Å²) in [6.07, 6.45) is 7.11. The molecule has 1 aromatic carbocycles. The minimum atomic E-state index is 0.0300. The number of rotatable bonds is 3. The first kappa shape index (κ1) is 15.0. The number of nitrogens with zero attached hydrogens (tertiary/aromatic N) is 3. The van der Waals surface area contributed by atoms with Crippen LogP contribution >= 0.6 is 11.3 Å². The highest BCUT2D eigenvalue weighted by atomic mass is 32.1. The average molecular weight is 335 g/mol. The SMILES string of the molecule is O=C(C=Cc1ccccn1)N1CCCC1c1nc2ccccc2s1. The molecule has 4 nitrogen and oxygen atoms in total. The molecule has 1 amide bonds. The molecule has 120 valence electrons. The molecule has 0 bridgehead atoms. The highest BCUT2D eigenvalue weighted by Gasteiger charge is 2.31. The summed E-state index contributed by atoms with van der Waals surface area (Å²) >= 11 is 1.69. The number of aromatic nitrogens is 2. The highest BCUT2D eigenvalue weighted by molar-refractivity contribution is 7.18. The molecular weight excluding hydrogens is 318 g/mol. The molecule has 1 atom stereocenters. The number of hydrogen-bond donors (Lipinski definition) is 0.